The van der Waals surface area contributed by atoms with Crippen LogP contribution in [0.5, 0.6) is 0 Å². The molecule has 0 bridgehead atoms. The zero-order valence-electron chi connectivity index (χ0n) is 10.5. The highest BCUT2D eigenvalue weighted by molar-refractivity contribution is 5.23. The van der Waals surface area contributed by atoms with Crippen molar-refractivity contribution in [2.45, 2.75) is 18.6 Å². The van der Waals surface area contributed by atoms with E-state index in [0.717, 1.165) is 6.42 Å². The average Bonchev–Trinajstić information content (AvgIpc) is 2.83. The SMILES string of the molecule is CN1O[C@H](c2ccccc2)C[C@H]1c1ccccc1. The molecular weight excluding hydrogens is 222 g/mol. The Morgan fingerprint density at radius 2 is 1.44 bits per heavy atom. The summed E-state index contributed by atoms with van der Waals surface area (Å²) in [6, 6.07) is 21.3. The average molecular weight is 239 g/mol. The van der Waals surface area contributed by atoms with E-state index in [0.29, 0.717) is 6.04 Å². The van der Waals surface area contributed by atoms with Crippen LogP contribution in [-0.4, -0.2) is 12.1 Å². The lowest BCUT2D eigenvalue weighted by Gasteiger charge is -2.17. The quantitative estimate of drug-likeness (QED) is 0.791. The summed E-state index contributed by atoms with van der Waals surface area (Å²) in [6.45, 7) is 0. The van der Waals surface area contributed by atoms with E-state index in [2.05, 4.69) is 48.5 Å². The third-order valence-corrected chi connectivity index (χ3v) is 3.53. The number of hydrogen-bond acceptors (Lipinski definition) is 2. The van der Waals surface area contributed by atoms with Crippen LogP contribution in [0.4, 0.5) is 0 Å². The molecule has 0 amide bonds. The van der Waals surface area contributed by atoms with Crippen molar-refractivity contribution in [2.24, 2.45) is 0 Å². The van der Waals surface area contributed by atoms with Crippen molar-refractivity contribution < 1.29 is 4.84 Å². The molecule has 1 saturated heterocycles. The van der Waals surface area contributed by atoms with Crippen LogP contribution in [0.1, 0.15) is 29.7 Å². The van der Waals surface area contributed by atoms with Crippen molar-refractivity contribution in [3.63, 3.8) is 0 Å². The molecular formula is C16H17NO. The molecule has 0 radical (unpaired) electrons. The monoisotopic (exact) mass is 239 g/mol. The lowest BCUT2D eigenvalue weighted by atomic mass is 9.98. The second kappa shape index (κ2) is 4.92. The second-order valence-corrected chi connectivity index (χ2v) is 4.71. The molecule has 2 aromatic carbocycles. The van der Waals surface area contributed by atoms with Crippen molar-refractivity contribution in [3.8, 4) is 0 Å². The van der Waals surface area contributed by atoms with E-state index >= 15 is 0 Å². The molecule has 1 aliphatic rings. The minimum absolute atomic E-state index is 0.168. The molecule has 0 aromatic heterocycles. The second-order valence-electron chi connectivity index (χ2n) is 4.71. The lowest BCUT2D eigenvalue weighted by Crippen LogP contribution is -2.16. The van der Waals surface area contributed by atoms with Gasteiger partial charge in [0.25, 0.3) is 0 Å². The Balaban J connectivity index is 1.81. The van der Waals surface area contributed by atoms with Crippen LogP contribution in [-0.2, 0) is 4.84 Å². The maximum absolute atomic E-state index is 5.95. The summed E-state index contributed by atoms with van der Waals surface area (Å²) in [6.07, 6.45) is 1.17. The van der Waals surface area contributed by atoms with Gasteiger partial charge in [0.15, 0.2) is 0 Å². The van der Waals surface area contributed by atoms with Crippen molar-refractivity contribution in [1.82, 2.24) is 5.06 Å². The Labute approximate surface area is 108 Å². The van der Waals surface area contributed by atoms with Gasteiger partial charge in [-0.15, -0.1) is 0 Å². The molecule has 1 fully saturated rings. The third-order valence-electron chi connectivity index (χ3n) is 3.53. The van der Waals surface area contributed by atoms with Gasteiger partial charge in [0, 0.05) is 13.5 Å². The maximum atomic E-state index is 5.95. The molecule has 92 valence electrons. The van der Waals surface area contributed by atoms with Gasteiger partial charge in [0.1, 0.15) is 6.10 Å². The van der Waals surface area contributed by atoms with Crippen molar-refractivity contribution in [1.29, 1.82) is 0 Å². The van der Waals surface area contributed by atoms with Crippen molar-refractivity contribution >= 4 is 0 Å². The number of rotatable bonds is 2. The summed E-state index contributed by atoms with van der Waals surface area (Å²) < 4.78 is 0. The van der Waals surface area contributed by atoms with Crippen LogP contribution in [0.25, 0.3) is 0 Å². The summed E-state index contributed by atoms with van der Waals surface area (Å²) in [5, 5.41) is 1.98. The van der Waals surface area contributed by atoms with Crippen molar-refractivity contribution in [3.05, 3.63) is 71.8 Å². The highest BCUT2D eigenvalue weighted by Crippen LogP contribution is 2.40. The van der Waals surface area contributed by atoms with Gasteiger partial charge in [-0.2, -0.15) is 5.06 Å². The predicted octanol–water partition coefficient (Wildman–Crippen LogP) is 3.74. The molecule has 2 atom stereocenters. The Morgan fingerprint density at radius 3 is 2.06 bits per heavy atom. The summed E-state index contributed by atoms with van der Waals surface area (Å²) in [5.74, 6) is 0. The molecule has 2 aromatic rings. The topological polar surface area (TPSA) is 12.5 Å². The Hall–Kier alpha value is -1.64. The molecule has 3 rings (SSSR count). The van der Waals surface area contributed by atoms with Gasteiger partial charge in [-0.05, 0) is 11.1 Å². The van der Waals surface area contributed by atoms with E-state index in [1.807, 2.05) is 24.2 Å². The normalized spacial score (nSPS) is 24.3. The third kappa shape index (κ3) is 2.17. The first-order chi connectivity index (χ1) is 8.84. The highest BCUT2D eigenvalue weighted by atomic mass is 16.7. The number of hydrogen-bond donors (Lipinski definition) is 0. The molecule has 2 heteroatoms. The molecule has 0 spiro atoms. The van der Waals surface area contributed by atoms with Crippen LogP contribution < -0.4 is 0 Å². The Bertz CT molecular complexity index is 497. The van der Waals surface area contributed by atoms with Gasteiger partial charge in [-0.3, -0.25) is 4.84 Å². The zero-order valence-corrected chi connectivity index (χ0v) is 10.5. The maximum Gasteiger partial charge on any atom is 0.106 e. The molecule has 0 aliphatic carbocycles. The highest BCUT2D eigenvalue weighted by Gasteiger charge is 2.32. The molecule has 0 N–H and O–H groups in total. The Morgan fingerprint density at radius 1 is 0.889 bits per heavy atom. The number of nitrogens with zero attached hydrogens (tertiary/aromatic N) is 1. The van der Waals surface area contributed by atoms with Crippen LogP contribution in [0.2, 0.25) is 0 Å². The molecule has 18 heavy (non-hydrogen) atoms. The molecule has 0 unspecified atom stereocenters. The van der Waals surface area contributed by atoms with Gasteiger partial charge >= 0.3 is 0 Å². The zero-order chi connectivity index (χ0) is 12.4. The van der Waals surface area contributed by atoms with E-state index in [1.165, 1.54) is 11.1 Å². The van der Waals surface area contributed by atoms with E-state index in [1.54, 1.807) is 0 Å². The fourth-order valence-corrected chi connectivity index (χ4v) is 2.55. The lowest BCUT2D eigenvalue weighted by molar-refractivity contribution is -0.145. The van der Waals surface area contributed by atoms with Gasteiger partial charge in [-0.25, -0.2) is 0 Å². The summed E-state index contributed by atoms with van der Waals surface area (Å²) >= 11 is 0. The van der Waals surface area contributed by atoms with E-state index in [-0.39, 0.29) is 6.10 Å². The Kier molecular flexibility index (Phi) is 3.13. The number of hydroxylamine groups is 2. The fourth-order valence-electron chi connectivity index (χ4n) is 2.55. The van der Waals surface area contributed by atoms with E-state index in [4.69, 9.17) is 4.84 Å². The van der Waals surface area contributed by atoms with Gasteiger partial charge in [-0.1, -0.05) is 60.7 Å². The number of benzene rings is 2. The minimum atomic E-state index is 0.168. The van der Waals surface area contributed by atoms with Crippen LogP contribution in [0.15, 0.2) is 60.7 Å². The molecule has 2 nitrogen and oxygen atoms in total. The van der Waals surface area contributed by atoms with Crippen molar-refractivity contribution in [2.75, 3.05) is 7.05 Å². The standard InChI is InChI=1S/C16H17NO/c1-17-15(13-8-4-2-5-9-13)12-16(18-17)14-10-6-3-7-11-14/h2-11,15-16H,12H2,1H3/t15-,16-/m0/s1. The fraction of sp³-hybridized carbons (Fsp3) is 0.250. The van der Waals surface area contributed by atoms with Gasteiger partial charge in [0.05, 0.1) is 6.04 Å². The van der Waals surface area contributed by atoms with E-state index < -0.39 is 0 Å². The molecule has 1 aliphatic heterocycles. The van der Waals surface area contributed by atoms with Gasteiger partial charge < -0.3 is 0 Å². The summed E-state index contributed by atoms with van der Waals surface area (Å²) in [4.78, 5) is 5.95. The first-order valence-electron chi connectivity index (χ1n) is 6.34. The summed E-state index contributed by atoms with van der Waals surface area (Å²) in [7, 11) is 2.01. The van der Waals surface area contributed by atoms with Crippen LogP contribution in [0.3, 0.4) is 0 Å². The molecule has 0 saturated carbocycles. The molecule has 1 heterocycles. The van der Waals surface area contributed by atoms with E-state index in [9.17, 15) is 0 Å². The van der Waals surface area contributed by atoms with Crippen LogP contribution >= 0.6 is 0 Å². The van der Waals surface area contributed by atoms with Crippen LogP contribution in [0, 0.1) is 0 Å². The first-order valence-corrected chi connectivity index (χ1v) is 6.34. The summed E-state index contributed by atoms with van der Waals surface area (Å²) in [5.41, 5.74) is 2.57. The predicted molar refractivity (Wildman–Crippen MR) is 71.8 cm³/mol. The largest absolute Gasteiger partial charge is 0.291 e. The first kappa shape index (κ1) is 11.5. The van der Waals surface area contributed by atoms with Gasteiger partial charge in [0.2, 0.25) is 0 Å². The minimum Gasteiger partial charge on any atom is -0.291 e. The smallest absolute Gasteiger partial charge is 0.106 e.